The van der Waals surface area contributed by atoms with Crippen LogP contribution in [0.4, 0.5) is 0 Å². The quantitative estimate of drug-likeness (QED) is 0.257. The molecule has 9 heteroatoms. The summed E-state index contributed by atoms with van der Waals surface area (Å²) in [4.78, 5) is 40.2. The summed E-state index contributed by atoms with van der Waals surface area (Å²) >= 11 is 0. The zero-order chi connectivity index (χ0) is 28.3. The first-order valence-corrected chi connectivity index (χ1v) is 12.0. The van der Waals surface area contributed by atoms with Crippen molar-refractivity contribution in [3.8, 4) is 0 Å². The number of nitrogens with one attached hydrogen (secondary N) is 1. The number of pyridine rings is 2. The van der Waals surface area contributed by atoms with Crippen molar-refractivity contribution in [2.75, 3.05) is 14.2 Å². The highest BCUT2D eigenvalue weighted by Gasteiger charge is 2.04. The van der Waals surface area contributed by atoms with Crippen LogP contribution in [0.5, 0.6) is 0 Å². The van der Waals surface area contributed by atoms with E-state index < -0.39 is 5.97 Å². The number of hydrogen-bond donors (Lipinski definition) is 2. The number of carbonyl (C=O) groups excluding carboxylic acids is 3. The van der Waals surface area contributed by atoms with E-state index >= 15 is 0 Å². The lowest BCUT2D eigenvalue weighted by molar-refractivity contribution is 0.0592. The minimum atomic E-state index is -0.396. The van der Waals surface area contributed by atoms with Gasteiger partial charge in [0.1, 0.15) is 6.29 Å². The number of esters is 2. The third-order valence-corrected chi connectivity index (χ3v) is 5.24. The first-order chi connectivity index (χ1) is 19.0. The van der Waals surface area contributed by atoms with E-state index in [1.54, 1.807) is 61.2 Å². The molecule has 2 heterocycles. The predicted octanol–water partition coefficient (Wildman–Crippen LogP) is 3.98. The minimum absolute atomic E-state index is 0.309. The van der Waals surface area contributed by atoms with Crippen LogP contribution < -0.4 is 11.1 Å². The Morgan fingerprint density at radius 3 is 1.49 bits per heavy atom. The molecular formula is C30H32N4O5. The predicted molar refractivity (Wildman–Crippen MR) is 148 cm³/mol. The van der Waals surface area contributed by atoms with Crippen LogP contribution in [0.15, 0.2) is 97.6 Å². The Balaban J connectivity index is 0.000000227. The maximum atomic E-state index is 11.3. The van der Waals surface area contributed by atoms with Gasteiger partial charge in [0.25, 0.3) is 0 Å². The summed E-state index contributed by atoms with van der Waals surface area (Å²) in [5.74, 6) is -0.705. The number of benzene rings is 2. The number of hydrogen-bond acceptors (Lipinski definition) is 9. The number of methoxy groups -OCH3 is 2. The summed E-state index contributed by atoms with van der Waals surface area (Å²) in [6.07, 6.45) is 7.76. The van der Waals surface area contributed by atoms with Gasteiger partial charge in [-0.1, -0.05) is 24.3 Å². The highest BCUT2D eigenvalue weighted by Crippen LogP contribution is 2.06. The number of nitrogens with two attached hydrogens (primary N) is 1. The summed E-state index contributed by atoms with van der Waals surface area (Å²) in [6.45, 7) is 2.15. The van der Waals surface area contributed by atoms with Gasteiger partial charge in [-0.3, -0.25) is 14.8 Å². The zero-order valence-corrected chi connectivity index (χ0v) is 21.9. The molecule has 0 bridgehead atoms. The molecule has 2 aromatic heterocycles. The number of aromatic nitrogens is 2. The van der Waals surface area contributed by atoms with Gasteiger partial charge in [-0.2, -0.15) is 0 Å². The average Bonchev–Trinajstić information content (AvgIpc) is 3.02. The largest absolute Gasteiger partial charge is 0.465 e. The summed E-state index contributed by atoms with van der Waals surface area (Å²) < 4.78 is 9.14. The highest BCUT2D eigenvalue weighted by atomic mass is 16.5. The van der Waals surface area contributed by atoms with E-state index in [4.69, 9.17) is 5.73 Å². The number of aldehydes is 1. The van der Waals surface area contributed by atoms with E-state index in [9.17, 15) is 14.4 Å². The molecule has 0 atom stereocenters. The molecule has 39 heavy (non-hydrogen) atoms. The molecule has 9 nitrogen and oxygen atoms in total. The van der Waals surface area contributed by atoms with Crippen LogP contribution in [0.3, 0.4) is 0 Å². The third kappa shape index (κ3) is 11.5. The summed E-state index contributed by atoms with van der Waals surface area (Å²) in [5.41, 5.74) is 10.3. The van der Waals surface area contributed by atoms with Crippen LogP contribution in [-0.4, -0.2) is 42.4 Å². The molecule has 3 N–H and O–H groups in total. The Bertz CT molecular complexity index is 1270. The first-order valence-electron chi connectivity index (χ1n) is 12.0. The highest BCUT2D eigenvalue weighted by molar-refractivity contribution is 5.90. The molecule has 0 saturated carbocycles. The molecule has 0 unspecified atom stereocenters. The number of carbonyl (C=O) groups is 3. The fraction of sp³-hybridized carbons (Fsp3) is 0.167. The van der Waals surface area contributed by atoms with Crippen molar-refractivity contribution >= 4 is 18.2 Å². The van der Waals surface area contributed by atoms with Crippen molar-refractivity contribution in [2.24, 2.45) is 5.73 Å². The van der Waals surface area contributed by atoms with Crippen LogP contribution in [-0.2, 0) is 29.1 Å². The molecule has 0 saturated heterocycles. The molecule has 2 aromatic carbocycles. The van der Waals surface area contributed by atoms with E-state index in [0.717, 1.165) is 30.5 Å². The molecular weight excluding hydrogens is 496 g/mol. The fourth-order valence-electron chi connectivity index (χ4n) is 3.06. The number of ether oxygens (including phenoxy) is 2. The maximum Gasteiger partial charge on any atom is 0.337 e. The summed E-state index contributed by atoms with van der Waals surface area (Å²) in [7, 11) is 2.70. The van der Waals surface area contributed by atoms with Crippen LogP contribution >= 0.6 is 0 Å². The van der Waals surface area contributed by atoms with E-state index in [-0.39, 0.29) is 5.97 Å². The molecule has 0 radical (unpaired) electrons. The van der Waals surface area contributed by atoms with Gasteiger partial charge in [-0.15, -0.1) is 0 Å². The molecule has 4 aromatic rings. The Hall–Kier alpha value is -4.73. The van der Waals surface area contributed by atoms with Crippen molar-refractivity contribution in [3.63, 3.8) is 0 Å². The van der Waals surface area contributed by atoms with Gasteiger partial charge >= 0.3 is 11.9 Å². The second kappa shape index (κ2) is 17.7. The van der Waals surface area contributed by atoms with Gasteiger partial charge in [0.05, 0.1) is 25.3 Å². The van der Waals surface area contributed by atoms with Crippen LogP contribution in [0, 0.1) is 0 Å². The van der Waals surface area contributed by atoms with Gasteiger partial charge in [-0.25, -0.2) is 9.59 Å². The average molecular weight is 529 g/mol. The molecule has 202 valence electrons. The van der Waals surface area contributed by atoms with Crippen LogP contribution in [0.25, 0.3) is 0 Å². The van der Waals surface area contributed by atoms with E-state index in [1.165, 1.54) is 19.8 Å². The van der Waals surface area contributed by atoms with Crippen LogP contribution in [0.1, 0.15) is 47.8 Å². The monoisotopic (exact) mass is 528 g/mol. The Kier molecular flexibility index (Phi) is 13.8. The van der Waals surface area contributed by atoms with Crippen molar-refractivity contribution in [1.82, 2.24) is 15.3 Å². The van der Waals surface area contributed by atoms with Gasteiger partial charge in [0.15, 0.2) is 0 Å². The van der Waals surface area contributed by atoms with Crippen LogP contribution in [0.2, 0.25) is 0 Å². The van der Waals surface area contributed by atoms with Crippen molar-refractivity contribution in [2.45, 2.75) is 19.6 Å². The first kappa shape index (κ1) is 30.5. The lowest BCUT2D eigenvalue weighted by Gasteiger charge is -2.05. The molecule has 0 fully saturated rings. The smallest absolute Gasteiger partial charge is 0.337 e. The van der Waals surface area contributed by atoms with Crippen molar-refractivity contribution < 1.29 is 23.9 Å². The van der Waals surface area contributed by atoms with Gasteiger partial charge in [-0.05, 0) is 65.2 Å². The van der Waals surface area contributed by atoms with E-state index in [2.05, 4.69) is 24.8 Å². The Morgan fingerprint density at radius 2 is 1.10 bits per heavy atom. The maximum absolute atomic E-state index is 11.3. The van der Waals surface area contributed by atoms with Gasteiger partial charge in [0.2, 0.25) is 0 Å². The Morgan fingerprint density at radius 1 is 0.692 bits per heavy atom. The standard InChI is InChI=1S/C15H16N2O2.C9H8O3.C6H8N2/c1-19-15(18)14-4-2-12(3-5-14)10-17-11-13-6-8-16-9-7-13;1-12-9(11)8-4-2-7(6-10)3-5-8;7-5-6-1-3-8-4-2-6/h2-9,17H,10-11H2,1H3;2-6H,1H3;1-4H,5,7H2. The number of rotatable bonds is 8. The SMILES string of the molecule is COC(=O)c1ccc(C=O)cc1.COC(=O)c1ccc(CNCc2ccncc2)cc1.NCc1ccncc1. The third-order valence-electron chi connectivity index (χ3n) is 5.24. The topological polar surface area (TPSA) is 134 Å². The molecule has 0 spiro atoms. The molecule has 0 aliphatic carbocycles. The van der Waals surface area contributed by atoms with E-state index in [1.807, 2.05) is 36.4 Å². The minimum Gasteiger partial charge on any atom is -0.465 e. The second-order valence-electron chi connectivity index (χ2n) is 7.94. The van der Waals surface area contributed by atoms with E-state index in [0.29, 0.717) is 23.2 Å². The molecule has 4 rings (SSSR count). The Labute approximate surface area is 228 Å². The molecule has 0 amide bonds. The second-order valence-corrected chi connectivity index (χ2v) is 7.94. The molecule has 0 aliphatic rings. The number of nitrogens with zero attached hydrogens (tertiary/aromatic N) is 2. The lowest BCUT2D eigenvalue weighted by atomic mass is 10.1. The summed E-state index contributed by atoms with van der Waals surface area (Å²) in [6, 6.07) is 21.4. The van der Waals surface area contributed by atoms with Gasteiger partial charge < -0.3 is 20.5 Å². The fourth-order valence-corrected chi connectivity index (χ4v) is 3.06. The van der Waals surface area contributed by atoms with Crippen molar-refractivity contribution in [1.29, 1.82) is 0 Å². The lowest BCUT2D eigenvalue weighted by Crippen LogP contribution is -2.12. The van der Waals surface area contributed by atoms with Crippen molar-refractivity contribution in [3.05, 3.63) is 131 Å². The normalized spacial score (nSPS) is 9.62. The summed E-state index contributed by atoms with van der Waals surface area (Å²) in [5, 5.41) is 3.34. The molecule has 0 aliphatic heterocycles. The van der Waals surface area contributed by atoms with Gasteiger partial charge in [0, 0.05) is 50.0 Å². The zero-order valence-electron chi connectivity index (χ0n) is 21.9.